The van der Waals surface area contributed by atoms with Crippen molar-refractivity contribution in [2.24, 2.45) is 5.92 Å². The molecule has 1 saturated carbocycles. The van der Waals surface area contributed by atoms with Crippen LogP contribution in [0.5, 0.6) is 0 Å². The van der Waals surface area contributed by atoms with Gasteiger partial charge in [0.25, 0.3) is 0 Å². The number of esters is 1. The molecule has 2 aliphatic rings. The van der Waals surface area contributed by atoms with E-state index in [0.717, 1.165) is 12.8 Å². The van der Waals surface area contributed by atoms with Crippen LogP contribution in [-0.4, -0.2) is 67.3 Å². The van der Waals surface area contributed by atoms with Crippen molar-refractivity contribution in [3.63, 3.8) is 0 Å². The standard InChI is InChI=1S/C17H27N3O5S/c1-24-8-9-25-15(22)11-13-16(23)18-6-7-20(13)17(26)19-14(21)10-12-4-2-3-5-12/h12-13H,2-11H2,1H3,(H,18,23)(H,19,21,26). The van der Waals surface area contributed by atoms with E-state index in [1.54, 1.807) is 4.90 Å². The lowest BCUT2D eigenvalue weighted by molar-refractivity contribution is -0.148. The Balaban J connectivity index is 1.88. The van der Waals surface area contributed by atoms with Gasteiger partial charge in [-0.2, -0.15) is 0 Å². The van der Waals surface area contributed by atoms with Crippen LogP contribution in [0.25, 0.3) is 0 Å². The quantitative estimate of drug-likeness (QED) is 0.371. The molecule has 1 heterocycles. The van der Waals surface area contributed by atoms with Crippen LogP contribution in [0.15, 0.2) is 0 Å². The molecule has 26 heavy (non-hydrogen) atoms. The summed E-state index contributed by atoms with van der Waals surface area (Å²) in [6.07, 6.45) is 4.80. The summed E-state index contributed by atoms with van der Waals surface area (Å²) in [5, 5.41) is 5.63. The van der Waals surface area contributed by atoms with E-state index in [9.17, 15) is 14.4 Å². The third kappa shape index (κ3) is 6.21. The molecule has 0 radical (unpaired) electrons. The lowest BCUT2D eigenvalue weighted by Gasteiger charge is -2.36. The number of thiocarbonyl (C=S) groups is 1. The van der Waals surface area contributed by atoms with Crippen molar-refractivity contribution >= 4 is 35.1 Å². The number of amides is 2. The van der Waals surface area contributed by atoms with E-state index in [-0.39, 0.29) is 30.0 Å². The molecule has 0 aromatic heterocycles. The number of carbonyl (C=O) groups is 3. The summed E-state index contributed by atoms with van der Waals surface area (Å²) >= 11 is 5.32. The third-order valence-electron chi connectivity index (χ3n) is 4.70. The molecule has 0 spiro atoms. The van der Waals surface area contributed by atoms with Gasteiger partial charge in [0.05, 0.1) is 13.0 Å². The fourth-order valence-corrected chi connectivity index (χ4v) is 3.67. The van der Waals surface area contributed by atoms with Crippen molar-refractivity contribution in [1.82, 2.24) is 15.5 Å². The Hall–Kier alpha value is -1.74. The maximum Gasteiger partial charge on any atom is 0.308 e. The van der Waals surface area contributed by atoms with Crippen LogP contribution >= 0.6 is 12.2 Å². The zero-order valence-corrected chi connectivity index (χ0v) is 15.9. The molecule has 0 aromatic rings. The fourth-order valence-electron chi connectivity index (χ4n) is 3.34. The molecule has 1 atom stereocenters. The molecule has 1 aliphatic carbocycles. The minimum atomic E-state index is -0.780. The van der Waals surface area contributed by atoms with Crippen LogP contribution in [0.2, 0.25) is 0 Å². The first-order chi connectivity index (χ1) is 12.5. The van der Waals surface area contributed by atoms with Crippen LogP contribution in [-0.2, 0) is 23.9 Å². The Bertz CT molecular complexity index is 536. The second-order valence-electron chi connectivity index (χ2n) is 6.63. The van der Waals surface area contributed by atoms with E-state index in [1.165, 1.54) is 20.0 Å². The number of nitrogens with zero attached hydrogens (tertiary/aromatic N) is 1. The van der Waals surface area contributed by atoms with Gasteiger partial charge in [-0.15, -0.1) is 0 Å². The van der Waals surface area contributed by atoms with E-state index < -0.39 is 12.0 Å². The summed E-state index contributed by atoms with van der Waals surface area (Å²) in [5.74, 6) is -0.523. The zero-order chi connectivity index (χ0) is 18.9. The van der Waals surface area contributed by atoms with Crippen molar-refractivity contribution in [3.05, 3.63) is 0 Å². The molecular weight excluding hydrogens is 358 g/mol. The second-order valence-corrected chi connectivity index (χ2v) is 7.01. The molecule has 2 amide bonds. The van der Waals surface area contributed by atoms with Crippen LogP contribution in [0.1, 0.15) is 38.5 Å². The summed E-state index contributed by atoms with van der Waals surface area (Å²) in [6, 6.07) is -0.780. The van der Waals surface area contributed by atoms with E-state index in [4.69, 9.17) is 21.7 Å². The van der Waals surface area contributed by atoms with Gasteiger partial charge in [0.2, 0.25) is 11.8 Å². The lowest BCUT2D eigenvalue weighted by atomic mass is 10.0. The molecule has 1 saturated heterocycles. The van der Waals surface area contributed by atoms with Gasteiger partial charge in [0.1, 0.15) is 12.6 Å². The highest BCUT2D eigenvalue weighted by Gasteiger charge is 2.34. The minimum absolute atomic E-state index is 0.130. The number of nitrogens with one attached hydrogen (secondary N) is 2. The highest BCUT2D eigenvalue weighted by Crippen LogP contribution is 2.27. The normalized spacial score (nSPS) is 20.6. The number of carbonyl (C=O) groups excluding carboxylic acids is 3. The summed E-state index contributed by atoms with van der Waals surface area (Å²) < 4.78 is 9.86. The molecule has 146 valence electrons. The Morgan fingerprint density at radius 3 is 2.69 bits per heavy atom. The third-order valence-corrected chi connectivity index (χ3v) is 5.03. The van der Waals surface area contributed by atoms with Crippen molar-refractivity contribution in [3.8, 4) is 0 Å². The molecule has 1 unspecified atom stereocenters. The van der Waals surface area contributed by atoms with Gasteiger partial charge < -0.3 is 25.0 Å². The average Bonchev–Trinajstić information content (AvgIpc) is 3.09. The van der Waals surface area contributed by atoms with E-state index in [2.05, 4.69) is 10.6 Å². The van der Waals surface area contributed by atoms with Gasteiger partial charge in [-0.05, 0) is 31.0 Å². The molecule has 0 bridgehead atoms. The van der Waals surface area contributed by atoms with E-state index >= 15 is 0 Å². The van der Waals surface area contributed by atoms with E-state index in [0.29, 0.717) is 32.0 Å². The molecular formula is C17H27N3O5S. The van der Waals surface area contributed by atoms with Crippen LogP contribution < -0.4 is 10.6 Å². The van der Waals surface area contributed by atoms with Gasteiger partial charge in [-0.25, -0.2) is 0 Å². The van der Waals surface area contributed by atoms with Crippen molar-refractivity contribution < 1.29 is 23.9 Å². The summed E-state index contributed by atoms with van der Waals surface area (Å²) in [5.41, 5.74) is 0. The number of hydrogen-bond donors (Lipinski definition) is 2. The topological polar surface area (TPSA) is 97.0 Å². The number of ether oxygens (including phenoxy) is 2. The van der Waals surface area contributed by atoms with Crippen LogP contribution in [0.4, 0.5) is 0 Å². The largest absolute Gasteiger partial charge is 0.463 e. The molecule has 2 N–H and O–H groups in total. The second kappa shape index (κ2) is 10.4. The van der Waals surface area contributed by atoms with Crippen molar-refractivity contribution in [2.75, 3.05) is 33.4 Å². The highest BCUT2D eigenvalue weighted by molar-refractivity contribution is 7.80. The van der Waals surface area contributed by atoms with E-state index in [1.807, 2.05) is 0 Å². The summed E-state index contributed by atoms with van der Waals surface area (Å²) in [6.45, 7) is 1.27. The monoisotopic (exact) mass is 385 g/mol. The smallest absolute Gasteiger partial charge is 0.308 e. The average molecular weight is 385 g/mol. The first-order valence-electron chi connectivity index (χ1n) is 9.04. The maximum atomic E-state index is 12.2. The summed E-state index contributed by atoms with van der Waals surface area (Å²) in [4.78, 5) is 37.9. The van der Waals surface area contributed by atoms with Gasteiger partial charge >= 0.3 is 5.97 Å². The van der Waals surface area contributed by atoms with Crippen LogP contribution in [0, 0.1) is 5.92 Å². The van der Waals surface area contributed by atoms with Gasteiger partial charge in [0.15, 0.2) is 5.11 Å². The Labute approximate surface area is 158 Å². The predicted octanol–water partition coefficient (Wildman–Crippen LogP) is 0.348. The van der Waals surface area contributed by atoms with Gasteiger partial charge in [-0.3, -0.25) is 14.4 Å². The zero-order valence-electron chi connectivity index (χ0n) is 15.1. The first-order valence-corrected chi connectivity index (χ1v) is 9.44. The Morgan fingerprint density at radius 1 is 1.27 bits per heavy atom. The number of methoxy groups -OCH3 is 1. The first kappa shape index (κ1) is 20.6. The number of piperazine rings is 1. The summed E-state index contributed by atoms with van der Waals surface area (Å²) in [7, 11) is 1.51. The maximum absolute atomic E-state index is 12.2. The molecule has 8 nitrogen and oxygen atoms in total. The van der Waals surface area contributed by atoms with Gasteiger partial charge in [-0.1, -0.05) is 12.8 Å². The fraction of sp³-hybridized carbons (Fsp3) is 0.765. The predicted molar refractivity (Wildman–Crippen MR) is 98.3 cm³/mol. The Morgan fingerprint density at radius 2 is 2.00 bits per heavy atom. The molecule has 1 aliphatic heterocycles. The van der Waals surface area contributed by atoms with Crippen LogP contribution in [0.3, 0.4) is 0 Å². The van der Waals surface area contributed by atoms with Crippen molar-refractivity contribution in [1.29, 1.82) is 0 Å². The SMILES string of the molecule is COCCOC(=O)CC1C(=O)NCCN1C(=S)NC(=O)CC1CCCC1. The Kier molecular flexibility index (Phi) is 8.24. The molecule has 2 fully saturated rings. The van der Waals surface area contributed by atoms with Crippen molar-refractivity contribution in [2.45, 2.75) is 44.6 Å². The molecule has 2 rings (SSSR count). The molecule has 0 aromatic carbocycles. The molecule has 9 heteroatoms. The van der Waals surface area contributed by atoms with Gasteiger partial charge in [0, 0.05) is 26.6 Å². The number of rotatable bonds is 7. The number of hydrogen-bond acceptors (Lipinski definition) is 6. The minimum Gasteiger partial charge on any atom is -0.463 e. The lowest BCUT2D eigenvalue weighted by Crippen LogP contribution is -2.60. The highest BCUT2D eigenvalue weighted by atomic mass is 32.1.